The van der Waals surface area contributed by atoms with Gasteiger partial charge in [-0.2, -0.15) is 0 Å². The fourth-order valence-corrected chi connectivity index (χ4v) is 4.09. The molecule has 2 aromatic rings. The molecule has 2 aromatic heterocycles. The minimum atomic E-state index is -0.393. The minimum absolute atomic E-state index is 0.285. The van der Waals surface area contributed by atoms with Crippen LogP contribution in [0.1, 0.15) is 38.5 Å². The number of rotatable bonds is 6. The van der Waals surface area contributed by atoms with Crippen LogP contribution in [0.25, 0.3) is 11.3 Å². The molecule has 1 saturated heterocycles. The molecule has 1 aliphatic carbocycles. The van der Waals surface area contributed by atoms with E-state index in [-0.39, 0.29) is 11.6 Å². The van der Waals surface area contributed by atoms with Crippen molar-refractivity contribution < 1.29 is 9.13 Å². The molecule has 7 nitrogen and oxygen atoms in total. The van der Waals surface area contributed by atoms with Crippen molar-refractivity contribution in [2.24, 2.45) is 11.5 Å². The van der Waals surface area contributed by atoms with Crippen LogP contribution in [0.3, 0.4) is 0 Å². The summed E-state index contributed by atoms with van der Waals surface area (Å²) in [5.74, 6) is 0.946. The summed E-state index contributed by atoms with van der Waals surface area (Å²) in [6, 6.07) is 7.88. The van der Waals surface area contributed by atoms with Gasteiger partial charge in [-0.25, -0.2) is 14.4 Å². The molecule has 162 valence electrons. The van der Waals surface area contributed by atoms with Crippen molar-refractivity contribution in [3.05, 3.63) is 36.3 Å². The summed E-state index contributed by atoms with van der Waals surface area (Å²) in [6.07, 6.45) is 6.86. The first-order chi connectivity index (χ1) is 14.5. The summed E-state index contributed by atoms with van der Waals surface area (Å²) in [4.78, 5) is 8.82. The van der Waals surface area contributed by atoms with E-state index in [1.807, 2.05) is 12.1 Å². The third-order valence-corrected chi connectivity index (χ3v) is 6.11. The molecule has 3 heterocycles. The Morgan fingerprint density at radius 2 is 1.90 bits per heavy atom. The predicted octanol–water partition coefficient (Wildman–Crippen LogP) is 2.88. The summed E-state index contributed by atoms with van der Waals surface area (Å²) in [5, 5.41) is 6.73. The Morgan fingerprint density at radius 1 is 1.13 bits per heavy atom. The van der Waals surface area contributed by atoms with E-state index in [0.717, 1.165) is 38.5 Å². The van der Waals surface area contributed by atoms with Crippen LogP contribution < -0.4 is 22.1 Å². The normalized spacial score (nSPS) is 23.7. The van der Waals surface area contributed by atoms with Gasteiger partial charge in [0.05, 0.1) is 11.9 Å². The summed E-state index contributed by atoms with van der Waals surface area (Å²) < 4.78 is 19.9. The molecule has 8 heteroatoms. The molecular formula is C22H31FN6O. The topological polar surface area (TPSA) is 111 Å². The molecule has 1 saturated carbocycles. The second-order valence-electron chi connectivity index (χ2n) is 8.54. The fourth-order valence-electron chi connectivity index (χ4n) is 4.09. The molecule has 0 bridgehead atoms. The second kappa shape index (κ2) is 9.24. The quantitative estimate of drug-likeness (QED) is 0.575. The molecule has 1 aliphatic heterocycles. The van der Waals surface area contributed by atoms with Crippen molar-refractivity contribution in [2.75, 3.05) is 30.4 Å². The fraction of sp³-hybridized carbons (Fsp3) is 0.545. The van der Waals surface area contributed by atoms with Crippen molar-refractivity contribution in [1.29, 1.82) is 0 Å². The number of nitrogens with two attached hydrogens (primary N) is 2. The molecule has 0 atom stereocenters. The average Bonchev–Trinajstić information content (AvgIpc) is 2.76. The molecule has 2 fully saturated rings. The van der Waals surface area contributed by atoms with Crippen LogP contribution in [0.2, 0.25) is 0 Å². The van der Waals surface area contributed by atoms with Gasteiger partial charge < -0.3 is 26.8 Å². The zero-order valence-corrected chi connectivity index (χ0v) is 17.2. The van der Waals surface area contributed by atoms with Gasteiger partial charge in [0.25, 0.3) is 0 Å². The molecular weight excluding hydrogens is 383 g/mol. The SMILES string of the molecule is NC1(CNc2cccc(-c3cc(N[C@H]4CC[C@H](N)CC4)ncc3F)n2)CCOCC1. The highest BCUT2D eigenvalue weighted by Gasteiger charge is 2.27. The van der Waals surface area contributed by atoms with E-state index in [9.17, 15) is 4.39 Å². The molecule has 30 heavy (non-hydrogen) atoms. The van der Waals surface area contributed by atoms with E-state index in [4.69, 9.17) is 16.2 Å². The minimum Gasteiger partial charge on any atom is -0.381 e. The smallest absolute Gasteiger partial charge is 0.151 e. The first-order valence-electron chi connectivity index (χ1n) is 10.8. The highest BCUT2D eigenvalue weighted by atomic mass is 19.1. The molecule has 0 aromatic carbocycles. The summed E-state index contributed by atoms with van der Waals surface area (Å²) >= 11 is 0. The van der Waals surface area contributed by atoms with Gasteiger partial charge in [-0.05, 0) is 56.7 Å². The van der Waals surface area contributed by atoms with E-state index in [1.165, 1.54) is 6.20 Å². The Bertz CT molecular complexity index is 849. The van der Waals surface area contributed by atoms with Crippen LogP contribution in [0, 0.1) is 5.82 Å². The third kappa shape index (κ3) is 5.24. The molecule has 4 rings (SSSR count). The number of anilines is 2. The number of ether oxygens (including phenoxy) is 1. The molecule has 2 aliphatic rings. The second-order valence-corrected chi connectivity index (χ2v) is 8.54. The highest BCUT2D eigenvalue weighted by molar-refractivity contribution is 5.65. The maximum atomic E-state index is 14.6. The zero-order valence-electron chi connectivity index (χ0n) is 17.2. The van der Waals surface area contributed by atoms with E-state index in [2.05, 4.69) is 20.6 Å². The first kappa shape index (κ1) is 21.0. The van der Waals surface area contributed by atoms with Crippen LogP contribution in [0.4, 0.5) is 16.0 Å². The number of nitrogens with zero attached hydrogens (tertiary/aromatic N) is 2. The van der Waals surface area contributed by atoms with Gasteiger partial charge in [-0.3, -0.25) is 0 Å². The molecule has 0 amide bonds. The number of pyridine rings is 2. The standard InChI is InChI=1S/C22H31FN6O/c23-18-13-26-21(28-16-6-4-15(24)5-7-16)12-17(18)19-2-1-3-20(29-19)27-14-22(25)8-10-30-11-9-22/h1-3,12-13,15-16H,4-11,14,24-25H2,(H,26,28)(H,27,29)/t15-,16-. The van der Waals surface area contributed by atoms with E-state index >= 15 is 0 Å². The predicted molar refractivity (Wildman–Crippen MR) is 117 cm³/mol. The van der Waals surface area contributed by atoms with Crippen molar-refractivity contribution >= 4 is 11.6 Å². The summed E-state index contributed by atoms with van der Waals surface area (Å²) in [6.45, 7) is 1.95. The van der Waals surface area contributed by atoms with Crippen LogP contribution in [0.5, 0.6) is 0 Å². The zero-order chi connectivity index (χ0) is 21.0. The van der Waals surface area contributed by atoms with Gasteiger partial charge in [0, 0.05) is 42.9 Å². The lowest BCUT2D eigenvalue weighted by Crippen LogP contribution is -2.50. The van der Waals surface area contributed by atoms with Gasteiger partial charge >= 0.3 is 0 Å². The lowest BCUT2D eigenvalue weighted by Gasteiger charge is -2.33. The van der Waals surface area contributed by atoms with Gasteiger partial charge in [-0.1, -0.05) is 6.07 Å². The Morgan fingerprint density at radius 3 is 2.67 bits per heavy atom. The maximum Gasteiger partial charge on any atom is 0.151 e. The van der Waals surface area contributed by atoms with Crippen LogP contribution >= 0.6 is 0 Å². The largest absolute Gasteiger partial charge is 0.381 e. The monoisotopic (exact) mass is 414 g/mol. The van der Waals surface area contributed by atoms with E-state index < -0.39 is 5.82 Å². The Hall–Kier alpha value is -2.29. The van der Waals surface area contributed by atoms with Crippen LogP contribution in [-0.4, -0.2) is 47.3 Å². The maximum absolute atomic E-state index is 14.6. The first-order valence-corrected chi connectivity index (χ1v) is 10.8. The molecule has 0 radical (unpaired) electrons. The van der Waals surface area contributed by atoms with E-state index in [1.54, 1.807) is 12.1 Å². The lowest BCUT2D eigenvalue weighted by molar-refractivity contribution is 0.0574. The summed E-state index contributed by atoms with van der Waals surface area (Å²) in [5.41, 5.74) is 13.1. The van der Waals surface area contributed by atoms with E-state index in [0.29, 0.717) is 48.7 Å². The number of hydrogen-bond acceptors (Lipinski definition) is 7. The van der Waals surface area contributed by atoms with Crippen molar-refractivity contribution in [3.8, 4) is 11.3 Å². The van der Waals surface area contributed by atoms with Gasteiger partial charge in [0.1, 0.15) is 11.6 Å². The summed E-state index contributed by atoms with van der Waals surface area (Å²) in [7, 11) is 0. The molecule has 0 unspecified atom stereocenters. The number of nitrogens with one attached hydrogen (secondary N) is 2. The number of aromatic nitrogens is 2. The molecule has 6 N–H and O–H groups in total. The van der Waals surface area contributed by atoms with Crippen molar-refractivity contribution in [1.82, 2.24) is 9.97 Å². The third-order valence-electron chi connectivity index (χ3n) is 6.11. The van der Waals surface area contributed by atoms with Crippen LogP contribution in [-0.2, 0) is 4.74 Å². The Kier molecular flexibility index (Phi) is 6.46. The van der Waals surface area contributed by atoms with Gasteiger partial charge in [0.2, 0.25) is 0 Å². The van der Waals surface area contributed by atoms with Crippen LogP contribution in [0.15, 0.2) is 30.5 Å². The highest BCUT2D eigenvalue weighted by Crippen LogP contribution is 2.27. The Labute approximate surface area is 176 Å². The number of halogens is 1. The van der Waals surface area contributed by atoms with Crippen molar-refractivity contribution in [2.45, 2.75) is 56.1 Å². The Balaban J connectivity index is 1.46. The molecule has 0 spiro atoms. The number of hydrogen-bond donors (Lipinski definition) is 4. The van der Waals surface area contributed by atoms with Gasteiger partial charge in [-0.15, -0.1) is 0 Å². The average molecular weight is 415 g/mol. The lowest BCUT2D eigenvalue weighted by atomic mass is 9.91. The van der Waals surface area contributed by atoms with Crippen molar-refractivity contribution in [3.63, 3.8) is 0 Å². The van der Waals surface area contributed by atoms with Gasteiger partial charge in [0.15, 0.2) is 5.82 Å².